The van der Waals surface area contributed by atoms with E-state index in [1.807, 2.05) is 7.05 Å². The van der Waals surface area contributed by atoms with E-state index in [1.54, 1.807) is 47.4 Å². The molecule has 1 fully saturated rings. The fourth-order valence-corrected chi connectivity index (χ4v) is 4.26. The molecule has 1 aliphatic rings. The summed E-state index contributed by atoms with van der Waals surface area (Å²) in [5, 5.41) is 0. The lowest BCUT2D eigenvalue weighted by atomic mass is 10.1. The Kier molecular flexibility index (Phi) is 5.08. The van der Waals surface area contributed by atoms with Crippen molar-refractivity contribution in [3.63, 3.8) is 0 Å². The first-order valence-electron chi connectivity index (χ1n) is 8.42. The third-order valence-corrected chi connectivity index (χ3v) is 6.01. The molecule has 132 valence electrons. The third kappa shape index (κ3) is 4.02. The van der Waals surface area contributed by atoms with Crippen LogP contribution in [-0.4, -0.2) is 32.3 Å². The molecule has 0 unspecified atom stereocenters. The average Bonchev–Trinajstić information content (AvgIpc) is 3.16. The topological polar surface area (TPSA) is 66.5 Å². The second-order valence-corrected chi connectivity index (χ2v) is 8.04. The Labute approximate surface area is 148 Å². The fraction of sp³-hybridized carbons (Fsp3) is 0.316. The van der Waals surface area contributed by atoms with Gasteiger partial charge in [0.2, 0.25) is 0 Å². The number of anilines is 1. The molecule has 0 aromatic heterocycles. The highest BCUT2D eigenvalue weighted by molar-refractivity contribution is 7.92. The summed E-state index contributed by atoms with van der Waals surface area (Å²) in [4.78, 5) is 14.6. The van der Waals surface area contributed by atoms with Gasteiger partial charge in [0.05, 0.1) is 4.90 Å². The lowest BCUT2D eigenvalue weighted by Crippen LogP contribution is -2.35. The Hall–Kier alpha value is -2.34. The number of hydrogen-bond donors (Lipinski definition) is 1. The summed E-state index contributed by atoms with van der Waals surface area (Å²) in [6, 6.07) is 15.1. The van der Waals surface area contributed by atoms with Crippen molar-refractivity contribution in [3.05, 3.63) is 60.2 Å². The van der Waals surface area contributed by atoms with E-state index in [0.29, 0.717) is 11.3 Å². The van der Waals surface area contributed by atoms with Crippen LogP contribution in [0.25, 0.3) is 0 Å². The van der Waals surface area contributed by atoms with E-state index in [1.165, 1.54) is 12.1 Å². The molecular weight excluding hydrogens is 336 g/mol. The Morgan fingerprint density at radius 2 is 1.72 bits per heavy atom. The number of carbonyl (C=O) groups is 1. The average molecular weight is 358 g/mol. The van der Waals surface area contributed by atoms with Crippen molar-refractivity contribution in [3.8, 4) is 0 Å². The zero-order valence-corrected chi connectivity index (χ0v) is 15.0. The van der Waals surface area contributed by atoms with Crippen LogP contribution in [-0.2, 0) is 10.0 Å². The molecule has 1 amide bonds. The Bertz CT molecular complexity index is 844. The minimum absolute atomic E-state index is 0.0762. The largest absolute Gasteiger partial charge is 0.339 e. The van der Waals surface area contributed by atoms with Gasteiger partial charge in [0, 0.05) is 24.3 Å². The van der Waals surface area contributed by atoms with Gasteiger partial charge in [0.1, 0.15) is 0 Å². The number of carbonyl (C=O) groups excluding carboxylic acids is 1. The molecule has 3 rings (SSSR count). The van der Waals surface area contributed by atoms with Gasteiger partial charge in [-0.2, -0.15) is 0 Å². The molecule has 1 aliphatic carbocycles. The molecule has 0 atom stereocenters. The molecule has 0 aliphatic heterocycles. The van der Waals surface area contributed by atoms with Gasteiger partial charge in [0.25, 0.3) is 15.9 Å². The normalized spacial score (nSPS) is 15.1. The first kappa shape index (κ1) is 17.5. The van der Waals surface area contributed by atoms with Crippen LogP contribution in [0, 0.1) is 0 Å². The van der Waals surface area contributed by atoms with Gasteiger partial charge in [0.15, 0.2) is 0 Å². The van der Waals surface area contributed by atoms with Crippen molar-refractivity contribution in [2.75, 3.05) is 11.8 Å². The molecule has 0 heterocycles. The quantitative estimate of drug-likeness (QED) is 0.889. The summed E-state index contributed by atoms with van der Waals surface area (Å²) in [5.74, 6) is -0.0762. The minimum atomic E-state index is -3.67. The maximum absolute atomic E-state index is 12.7. The standard InChI is InChI=1S/C19H22N2O3S/c1-21(17-10-5-6-11-17)19(22)15-8-7-9-16(14-15)20-25(23,24)18-12-3-2-4-13-18/h2-4,7-9,12-14,17,20H,5-6,10-11H2,1H3. The summed E-state index contributed by atoms with van der Waals surface area (Å²) in [6.07, 6.45) is 4.36. The lowest BCUT2D eigenvalue weighted by molar-refractivity contribution is 0.0735. The molecule has 6 heteroatoms. The molecule has 1 N–H and O–H groups in total. The SMILES string of the molecule is CN(C(=O)c1cccc(NS(=O)(=O)c2ccccc2)c1)C1CCCC1. The van der Waals surface area contributed by atoms with Crippen LogP contribution in [0.15, 0.2) is 59.5 Å². The van der Waals surface area contributed by atoms with Crippen molar-refractivity contribution in [1.29, 1.82) is 0 Å². The molecule has 0 radical (unpaired) electrons. The lowest BCUT2D eigenvalue weighted by Gasteiger charge is -2.24. The van der Waals surface area contributed by atoms with Crippen LogP contribution in [0.3, 0.4) is 0 Å². The van der Waals surface area contributed by atoms with Crippen molar-refractivity contribution >= 4 is 21.6 Å². The molecule has 0 saturated heterocycles. The number of hydrogen-bond acceptors (Lipinski definition) is 3. The highest BCUT2D eigenvalue weighted by Crippen LogP contribution is 2.24. The molecule has 1 saturated carbocycles. The summed E-state index contributed by atoms with van der Waals surface area (Å²) < 4.78 is 27.4. The van der Waals surface area contributed by atoms with Gasteiger partial charge in [-0.15, -0.1) is 0 Å². The zero-order valence-electron chi connectivity index (χ0n) is 14.2. The van der Waals surface area contributed by atoms with Crippen LogP contribution < -0.4 is 4.72 Å². The minimum Gasteiger partial charge on any atom is -0.339 e. The Balaban J connectivity index is 1.78. The third-order valence-electron chi connectivity index (χ3n) is 4.61. The monoisotopic (exact) mass is 358 g/mol. The molecule has 2 aromatic rings. The van der Waals surface area contributed by atoms with E-state index >= 15 is 0 Å². The summed E-state index contributed by atoms with van der Waals surface area (Å²) in [6.45, 7) is 0. The van der Waals surface area contributed by atoms with Crippen LogP contribution in [0.4, 0.5) is 5.69 Å². The smallest absolute Gasteiger partial charge is 0.261 e. The predicted octanol–water partition coefficient (Wildman–Crippen LogP) is 3.50. The summed E-state index contributed by atoms with van der Waals surface area (Å²) >= 11 is 0. The fourth-order valence-electron chi connectivity index (χ4n) is 3.19. The first-order chi connectivity index (χ1) is 12.0. The van der Waals surface area contributed by atoms with Gasteiger partial charge >= 0.3 is 0 Å². The predicted molar refractivity (Wildman–Crippen MR) is 98.0 cm³/mol. The number of amides is 1. The number of rotatable bonds is 5. The molecule has 0 spiro atoms. The molecule has 0 bridgehead atoms. The van der Waals surface area contributed by atoms with E-state index in [0.717, 1.165) is 25.7 Å². The van der Waals surface area contributed by atoms with Gasteiger partial charge in [-0.05, 0) is 43.2 Å². The maximum atomic E-state index is 12.7. The van der Waals surface area contributed by atoms with Crippen molar-refractivity contribution in [2.45, 2.75) is 36.6 Å². The van der Waals surface area contributed by atoms with Gasteiger partial charge in [-0.1, -0.05) is 37.1 Å². The summed E-state index contributed by atoms with van der Waals surface area (Å²) in [5.41, 5.74) is 0.872. The Morgan fingerprint density at radius 1 is 1.04 bits per heavy atom. The van der Waals surface area contributed by atoms with Crippen LogP contribution in [0.1, 0.15) is 36.0 Å². The van der Waals surface area contributed by atoms with Crippen molar-refractivity contribution in [1.82, 2.24) is 4.90 Å². The zero-order chi connectivity index (χ0) is 17.9. The van der Waals surface area contributed by atoms with Gasteiger partial charge < -0.3 is 4.90 Å². The number of benzene rings is 2. The molecule has 2 aromatic carbocycles. The van der Waals surface area contributed by atoms with E-state index < -0.39 is 10.0 Å². The second-order valence-electron chi connectivity index (χ2n) is 6.35. The van der Waals surface area contributed by atoms with E-state index in [9.17, 15) is 13.2 Å². The van der Waals surface area contributed by atoms with Crippen molar-refractivity contribution < 1.29 is 13.2 Å². The van der Waals surface area contributed by atoms with E-state index in [2.05, 4.69) is 4.72 Å². The van der Waals surface area contributed by atoms with Crippen LogP contribution in [0.2, 0.25) is 0 Å². The highest BCUT2D eigenvalue weighted by atomic mass is 32.2. The van der Waals surface area contributed by atoms with Crippen LogP contribution >= 0.6 is 0 Å². The number of sulfonamides is 1. The van der Waals surface area contributed by atoms with E-state index in [-0.39, 0.29) is 16.8 Å². The highest BCUT2D eigenvalue weighted by Gasteiger charge is 2.24. The maximum Gasteiger partial charge on any atom is 0.261 e. The number of nitrogens with one attached hydrogen (secondary N) is 1. The van der Waals surface area contributed by atoms with Gasteiger partial charge in [-0.25, -0.2) is 8.42 Å². The molecule has 5 nitrogen and oxygen atoms in total. The van der Waals surface area contributed by atoms with Crippen molar-refractivity contribution in [2.24, 2.45) is 0 Å². The van der Waals surface area contributed by atoms with E-state index in [4.69, 9.17) is 0 Å². The number of nitrogens with zero attached hydrogens (tertiary/aromatic N) is 1. The molecule has 25 heavy (non-hydrogen) atoms. The first-order valence-corrected chi connectivity index (χ1v) is 9.91. The second kappa shape index (κ2) is 7.27. The molecular formula is C19H22N2O3S. The Morgan fingerprint density at radius 3 is 2.40 bits per heavy atom. The van der Waals surface area contributed by atoms with Crippen LogP contribution in [0.5, 0.6) is 0 Å². The summed E-state index contributed by atoms with van der Waals surface area (Å²) in [7, 11) is -1.85. The van der Waals surface area contributed by atoms with Gasteiger partial charge in [-0.3, -0.25) is 9.52 Å².